The summed E-state index contributed by atoms with van der Waals surface area (Å²) >= 11 is 0. The van der Waals surface area contributed by atoms with Crippen molar-refractivity contribution in [1.82, 2.24) is 0 Å². The molecular weight excluding hydrogens is 312 g/mol. The number of hydrogen-bond acceptors (Lipinski definition) is 3. The minimum atomic E-state index is -0.521. The lowest BCUT2D eigenvalue weighted by molar-refractivity contribution is -0.121. The second-order valence-electron chi connectivity index (χ2n) is 6.98. The van der Waals surface area contributed by atoms with Crippen LogP contribution in [0.15, 0.2) is 30.3 Å². The average molecular weight is 336 g/mol. The molecule has 0 radical (unpaired) electrons. The van der Waals surface area contributed by atoms with Crippen LogP contribution in [0.5, 0.6) is 0 Å². The van der Waals surface area contributed by atoms with E-state index in [1.165, 1.54) is 4.90 Å². The summed E-state index contributed by atoms with van der Waals surface area (Å²) in [6, 6.07) is 9.49. The van der Waals surface area contributed by atoms with Crippen LogP contribution in [0.25, 0.3) is 0 Å². The smallest absolute Gasteiger partial charge is 0.256 e. The van der Waals surface area contributed by atoms with Crippen molar-refractivity contribution in [3.63, 3.8) is 0 Å². The number of anilines is 2. The third-order valence-corrected chi connectivity index (χ3v) is 4.81. The Labute approximate surface area is 148 Å². The molecule has 2 amide bonds. The first-order valence-corrected chi connectivity index (χ1v) is 8.57. The maximum absolute atomic E-state index is 13.0. The van der Waals surface area contributed by atoms with Crippen LogP contribution in [-0.2, 0) is 9.59 Å². The Morgan fingerprint density at radius 3 is 2.04 bits per heavy atom. The number of para-hydroxylation sites is 1. The molecule has 1 aliphatic rings. The van der Waals surface area contributed by atoms with Crippen LogP contribution >= 0.6 is 0 Å². The van der Waals surface area contributed by atoms with Gasteiger partial charge in [-0.15, -0.1) is 0 Å². The lowest BCUT2D eigenvalue weighted by Crippen LogP contribution is -2.36. The van der Waals surface area contributed by atoms with Crippen LogP contribution in [0.1, 0.15) is 34.2 Å². The van der Waals surface area contributed by atoms with Gasteiger partial charge in [0.1, 0.15) is 6.04 Å². The molecule has 0 spiro atoms. The van der Waals surface area contributed by atoms with Gasteiger partial charge in [-0.05, 0) is 56.9 Å². The number of carbonyl (C=O) groups excluding carboxylic acids is 2. The fraction of sp³-hybridized carbons (Fsp3) is 0.333. The van der Waals surface area contributed by atoms with E-state index < -0.39 is 6.04 Å². The lowest BCUT2D eigenvalue weighted by Gasteiger charge is -2.21. The van der Waals surface area contributed by atoms with Crippen LogP contribution in [-0.4, -0.2) is 17.9 Å². The molecule has 2 aromatic rings. The molecular formula is C21H24N2O2. The number of aryl methyl sites for hydroxylation is 5. The molecule has 1 heterocycles. The number of benzene rings is 2. The molecule has 4 nitrogen and oxygen atoms in total. The number of nitrogens with zero attached hydrogens (tertiary/aromatic N) is 1. The normalized spacial score (nSPS) is 17.3. The number of hydrogen-bond donors (Lipinski definition) is 1. The summed E-state index contributed by atoms with van der Waals surface area (Å²) in [5.41, 5.74) is 6.84. The van der Waals surface area contributed by atoms with E-state index in [0.29, 0.717) is 0 Å². The highest BCUT2D eigenvalue weighted by Gasteiger charge is 2.41. The predicted molar refractivity (Wildman–Crippen MR) is 101 cm³/mol. The SMILES string of the molecule is Cc1cc(C)c(N2C(=O)C[C@@H](Nc3c(C)cccc3C)C2=O)c(C)c1. The van der Waals surface area contributed by atoms with Crippen molar-refractivity contribution in [1.29, 1.82) is 0 Å². The summed E-state index contributed by atoms with van der Waals surface area (Å²) in [5, 5.41) is 3.30. The first-order valence-electron chi connectivity index (χ1n) is 8.57. The fourth-order valence-corrected chi connectivity index (χ4v) is 3.72. The minimum Gasteiger partial charge on any atom is -0.373 e. The van der Waals surface area contributed by atoms with Crippen LogP contribution < -0.4 is 10.2 Å². The Hall–Kier alpha value is -2.62. The molecule has 0 bridgehead atoms. The molecule has 0 saturated carbocycles. The standard InChI is InChI=1S/C21H24N2O2/c1-12-9-15(4)20(16(5)10-12)23-18(24)11-17(21(23)25)22-19-13(2)7-6-8-14(19)3/h6-10,17,22H,11H2,1-5H3/t17-/m1/s1. The van der Waals surface area contributed by atoms with Gasteiger partial charge in [0, 0.05) is 5.69 Å². The Bertz CT molecular complexity index is 827. The van der Waals surface area contributed by atoms with Gasteiger partial charge in [0.15, 0.2) is 0 Å². The lowest BCUT2D eigenvalue weighted by atomic mass is 10.0. The zero-order valence-electron chi connectivity index (χ0n) is 15.4. The molecule has 2 aromatic carbocycles. The van der Waals surface area contributed by atoms with Crippen LogP contribution in [0.2, 0.25) is 0 Å². The van der Waals surface area contributed by atoms with Crippen molar-refractivity contribution in [2.24, 2.45) is 0 Å². The van der Waals surface area contributed by atoms with Crippen molar-refractivity contribution in [3.05, 3.63) is 58.1 Å². The maximum Gasteiger partial charge on any atom is 0.256 e. The minimum absolute atomic E-state index is 0.149. The number of rotatable bonds is 3. The summed E-state index contributed by atoms with van der Waals surface area (Å²) in [4.78, 5) is 26.9. The van der Waals surface area contributed by atoms with Crippen LogP contribution in [0.3, 0.4) is 0 Å². The predicted octanol–water partition coefficient (Wildman–Crippen LogP) is 3.97. The van der Waals surface area contributed by atoms with Gasteiger partial charge in [0.05, 0.1) is 12.1 Å². The molecule has 25 heavy (non-hydrogen) atoms. The van der Waals surface area contributed by atoms with E-state index in [1.54, 1.807) is 0 Å². The van der Waals surface area contributed by atoms with E-state index in [0.717, 1.165) is 39.2 Å². The monoisotopic (exact) mass is 336 g/mol. The largest absolute Gasteiger partial charge is 0.373 e. The second-order valence-corrected chi connectivity index (χ2v) is 6.98. The summed E-state index contributed by atoms with van der Waals surface area (Å²) in [6.07, 6.45) is 0.180. The first-order chi connectivity index (χ1) is 11.8. The molecule has 1 aliphatic heterocycles. The van der Waals surface area contributed by atoms with E-state index in [2.05, 4.69) is 5.32 Å². The van der Waals surface area contributed by atoms with Gasteiger partial charge in [-0.25, -0.2) is 4.90 Å². The van der Waals surface area contributed by atoms with E-state index in [-0.39, 0.29) is 18.2 Å². The Kier molecular flexibility index (Phi) is 4.38. The summed E-state index contributed by atoms with van der Waals surface area (Å²) in [5.74, 6) is -0.327. The Balaban J connectivity index is 1.94. The molecule has 1 N–H and O–H groups in total. The average Bonchev–Trinajstić information content (AvgIpc) is 2.78. The fourth-order valence-electron chi connectivity index (χ4n) is 3.72. The van der Waals surface area contributed by atoms with Gasteiger partial charge in [0.2, 0.25) is 5.91 Å². The molecule has 1 fully saturated rings. The third-order valence-electron chi connectivity index (χ3n) is 4.81. The van der Waals surface area contributed by atoms with Gasteiger partial charge in [0.25, 0.3) is 5.91 Å². The van der Waals surface area contributed by atoms with E-state index >= 15 is 0 Å². The van der Waals surface area contributed by atoms with Gasteiger partial charge in [-0.3, -0.25) is 9.59 Å². The first kappa shape index (κ1) is 17.2. The van der Waals surface area contributed by atoms with Crippen molar-refractivity contribution in [2.75, 3.05) is 10.2 Å². The summed E-state index contributed by atoms with van der Waals surface area (Å²) < 4.78 is 0. The zero-order valence-corrected chi connectivity index (χ0v) is 15.4. The van der Waals surface area contributed by atoms with Gasteiger partial charge in [-0.2, -0.15) is 0 Å². The van der Waals surface area contributed by atoms with Crippen molar-refractivity contribution < 1.29 is 9.59 Å². The highest BCUT2D eigenvalue weighted by molar-refractivity contribution is 6.23. The van der Waals surface area contributed by atoms with Crippen molar-refractivity contribution in [3.8, 4) is 0 Å². The van der Waals surface area contributed by atoms with E-state index in [1.807, 2.05) is 65.0 Å². The molecule has 1 saturated heterocycles. The van der Waals surface area contributed by atoms with Crippen molar-refractivity contribution >= 4 is 23.2 Å². The number of carbonyl (C=O) groups is 2. The van der Waals surface area contributed by atoms with Crippen LogP contribution in [0, 0.1) is 34.6 Å². The Morgan fingerprint density at radius 1 is 0.920 bits per heavy atom. The Morgan fingerprint density at radius 2 is 1.48 bits per heavy atom. The topological polar surface area (TPSA) is 49.4 Å². The van der Waals surface area contributed by atoms with Crippen molar-refractivity contribution in [2.45, 2.75) is 47.1 Å². The second kappa shape index (κ2) is 6.36. The number of amides is 2. The number of nitrogens with one attached hydrogen (secondary N) is 1. The molecule has 0 aromatic heterocycles. The van der Waals surface area contributed by atoms with Gasteiger partial charge < -0.3 is 5.32 Å². The molecule has 130 valence electrons. The third kappa shape index (κ3) is 3.04. The summed E-state index contributed by atoms with van der Waals surface area (Å²) in [7, 11) is 0. The highest BCUT2D eigenvalue weighted by Crippen LogP contribution is 2.32. The van der Waals surface area contributed by atoms with Gasteiger partial charge in [-0.1, -0.05) is 35.9 Å². The zero-order chi connectivity index (χ0) is 18.3. The molecule has 1 atom stereocenters. The highest BCUT2D eigenvalue weighted by atomic mass is 16.2. The quantitative estimate of drug-likeness (QED) is 0.863. The van der Waals surface area contributed by atoms with E-state index in [9.17, 15) is 9.59 Å². The summed E-state index contributed by atoms with van der Waals surface area (Å²) in [6.45, 7) is 9.91. The van der Waals surface area contributed by atoms with Gasteiger partial charge >= 0.3 is 0 Å². The molecule has 0 aliphatic carbocycles. The number of imide groups is 1. The molecule has 0 unspecified atom stereocenters. The maximum atomic E-state index is 13.0. The van der Waals surface area contributed by atoms with Crippen LogP contribution in [0.4, 0.5) is 11.4 Å². The molecule has 4 heteroatoms. The van der Waals surface area contributed by atoms with E-state index in [4.69, 9.17) is 0 Å². The molecule has 3 rings (SSSR count).